The van der Waals surface area contributed by atoms with Crippen LogP contribution >= 0.6 is 0 Å². The third-order valence-electron chi connectivity index (χ3n) is 6.49. The predicted molar refractivity (Wildman–Crippen MR) is 129 cm³/mol. The van der Waals surface area contributed by atoms with E-state index in [9.17, 15) is 5.11 Å². The average Bonchev–Trinajstić information content (AvgIpc) is 2.84. The number of fused-ring (bicyclic) bond motifs is 1. The first-order valence-corrected chi connectivity index (χ1v) is 11.1. The number of aromatic hydroxyl groups is 1. The van der Waals surface area contributed by atoms with E-state index in [1.165, 1.54) is 16.8 Å². The van der Waals surface area contributed by atoms with Gasteiger partial charge in [-0.2, -0.15) is 0 Å². The summed E-state index contributed by atoms with van der Waals surface area (Å²) in [6.45, 7) is 3.73. The molecular weight excluding hydrogens is 394 g/mol. The Morgan fingerprint density at radius 2 is 1.53 bits per heavy atom. The molecule has 1 heterocycles. The maximum Gasteiger partial charge on any atom is 0.120 e. The highest BCUT2D eigenvalue weighted by atomic mass is 16.5. The van der Waals surface area contributed by atoms with E-state index in [1.807, 2.05) is 30.3 Å². The van der Waals surface area contributed by atoms with Crippen LogP contribution in [0.1, 0.15) is 29.2 Å². The van der Waals surface area contributed by atoms with Crippen molar-refractivity contribution in [2.75, 3.05) is 11.4 Å². The number of nitrogens with zero attached hydrogens (tertiary/aromatic N) is 1. The van der Waals surface area contributed by atoms with Gasteiger partial charge in [0, 0.05) is 12.2 Å². The summed E-state index contributed by atoms with van der Waals surface area (Å²) in [5.74, 6) is 1.18. The lowest BCUT2D eigenvalue weighted by Gasteiger charge is -2.48. The van der Waals surface area contributed by atoms with Crippen LogP contribution in [-0.4, -0.2) is 11.7 Å². The molecule has 0 bridgehead atoms. The zero-order chi connectivity index (χ0) is 22.0. The molecule has 4 aromatic rings. The first-order chi connectivity index (χ1) is 15.6. The molecule has 0 saturated heterocycles. The highest BCUT2D eigenvalue weighted by molar-refractivity contribution is 5.60. The van der Waals surface area contributed by atoms with Crippen LogP contribution in [0.3, 0.4) is 0 Å². The van der Waals surface area contributed by atoms with E-state index in [4.69, 9.17) is 4.74 Å². The average molecular weight is 422 g/mol. The number of anilines is 1. The Labute approximate surface area is 189 Å². The second-order valence-corrected chi connectivity index (χ2v) is 8.45. The molecule has 0 saturated carbocycles. The SMILES string of the molecule is CC1(c2ccc(O)cc2)c2ccc(OCc3ccccc3)cc2CCN1c1ccccc1. The Bertz CT molecular complexity index is 1190. The van der Waals surface area contributed by atoms with E-state index < -0.39 is 0 Å². The van der Waals surface area contributed by atoms with Crippen LogP contribution in [0.5, 0.6) is 11.5 Å². The minimum Gasteiger partial charge on any atom is -0.508 e. The van der Waals surface area contributed by atoms with Gasteiger partial charge in [0.15, 0.2) is 0 Å². The predicted octanol–water partition coefficient (Wildman–Crippen LogP) is 6.30. The van der Waals surface area contributed by atoms with Gasteiger partial charge in [0.05, 0.1) is 5.54 Å². The van der Waals surface area contributed by atoms with E-state index >= 15 is 0 Å². The summed E-state index contributed by atoms with van der Waals surface area (Å²) in [4.78, 5) is 2.46. The standard InChI is InChI=1S/C29H27NO2/c1-29(24-12-14-26(31)15-13-24)28-17-16-27(32-21-22-8-4-2-5-9-22)20-23(28)18-19-30(29)25-10-6-3-7-11-25/h2-17,20,31H,18-19,21H2,1H3. The molecule has 1 unspecified atom stereocenters. The lowest BCUT2D eigenvalue weighted by atomic mass is 9.76. The fraction of sp³-hybridized carbons (Fsp3) is 0.172. The summed E-state index contributed by atoms with van der Waals surface area (Å²) in [6.07, 6.45) is 0.945. The summed E-state index contributed by atoms with van der Waals surface area (Å²) < 4.78 is 6.11. The number of phenolic OH excluding ortho intramolecular Hbond substituents is 1. The van der Waals surface area contributed by atoms with Crippen LogP contribution in [0.2, 0.25) is 0 Å². The molecule has 0 radical (unpaired) electrons. The summed E-state index contributed by atoms with van der Waals surface area (Å²) in [5, 5.41) is 9.88. The second-order valence-electron chi connectivity index (χ2n) is 8.45. The van der Waals surface area contributed by atoms with Gasteiger partial charge in [-0.3, -0.25) is 0 Å². The lowest BCUT2D eigenvalue weighted by Crippen LogP contribution is -2.49. The number of hydrogen-bond acceptors (Lipinski definition) is 3. The molecule has 5 rings (SSSR count). The van der Waals surface area contributed by atoms with Gasteiger partial charge < -0.3 is 14.7 Å². The highest BCUT2D eigenvalue weighted by Crippen LogP contribution is 2.44. The van der Waals surface area contributed by atoms with Crippen molar-refractivity contribution in [3.8, 4) is 11.5 Å². The van der Waals surface area contributed by atoms with E-state index in [-0.39, 0.29) is 11.3 Å². The molecule has 3 nitrogen and oxygen atoms in total. The van der Waals surface area contributed by atoms with Gasteiger partial charge in [0.25, 0.3) is 0 Å². The van der Waals surface area contributed by atoms with Crippen molar-refractivity contribution in [1.29, 1.82) is 0 Å². The Hall–Kier alpha value is -3.72. The Morgan fingerprint density at radius 1 is 0.844 bits per heavy atom. The zero-order valence-electron chi connectivity index (χ0n) is 18.2. The molecule has 0 fully saturated rings. The van der Waals surface area contributed by atoms with Crippen molar-refractivity contribution < 1.29 is 9.84 Å². The molecule has 0 amide bonds. The number of hydrogen-bond donors (Lipinski definition) is 1. The maximum absolute atomic E-state index is 9.88. The topological polar surface area (TPSA) is 32.7 Å². The molecule has 3 heteroatoms. The molecule has 0 aromatic heterocycles. The second kappa shape index (κ2) is 8.43. The Morgan fingerprint density at radius 3 is 2.25 bits per heavy atom. The molecular formula is C29H27NO2. The molecule has 4 aromatic carbocycles. The Balaban J connectivity index is 1.53. The minimum absolute atomic E-state index is 0.282. The van der Waals surface area contributed by atoms with Gasteiger partial charge >= 0.3 is 0 Å². The number of ether oxygens (including phenoxy) is 1. The van der Waals surface area contributed by atoms with Crippen LogP contribution in [-0.2, 0) is 18.6 Å². The Kier molecular flexibility index (Phi) is 5.32. The first kappa shape index (κ1) is 20.2. The molecule has 32 heavy (non-hydrogen) atoms. The highest BCUT2D eigenvalue weighted by Gasteiger charge is 2.40. The zero-order valence-corrected chi connectivity index (χ0v) is 18.2. The minimum atomic E-state index is -0.361. The van der Waals surface area contributed by atoms with E-state index in [0.29, 0.717) is 6.61 Å². The van der Waals surface area contributed by atoms with E-state index in [1.54, 1.807) is 12.1 Å². The van der Waals surface area contributed by atoms with Crippen molar-refractivity contribution in [2.24, 2.45) is 0 Å². The number of benzene rings is 4. The van der Waals surface area contributed by atoms with Gasteiger partial charge in [0.1, 0.15) is 18.1 Å². The van der Waals surface area contributed by atoms with Crippen LogP contribution in [0, 0.1) is 0 Å². The fourth-order valence-electron chi connectivity index (χ4n) is 4.78. The lowest BCUT2D eigenvalue weighted by molar-refractivity contribution is 0.305. The maximum atomic E-state index is 9.88. The van der Waals surface area contributed by atoms with Gasteiger partial charge in [-0.1, -0.05) is 66.7 Å². The quantitative estimate of drug-likeness (QED) is 0.411. The number of para-hydroxylation sites is 1. The third-order valence-corrected chi connectivity index (χ3v) is 6.49. The van der Waals surface area contributed by atoms with E-state index in [2.05, 4.69) is 72.5 Å². The van der Waals surface area contributed by atoms with Crippen LogP contribution in [0.15, 0.2) is 103 Å². The van der Waals surface area contributed by atoms with Crippen molar-refractivity contribution in [2.45, 2.75) is 25.5 Å². The first-order valence-electron chi connectivity index (χ1n) is 11.1. The largest absolute Gasteiger partial charge is 0.508 e. The summed E-state index contributed by atoms with van der Waals surface area (Å²) in [5.41, 5.74) is 5.72. The van der Waals surface area contributed by atoms with Crippen molar-refractivity contribution in [3.05, 3.63) is 125 Å². The van der Waals surface area contributed by atoms with Gasteiger partial charge in [-0.05, 0) is 72.0 Å². The fourth-order valence-corrected chi connectivity index (χ4v) is 4.78. The van der Waals surface area contributed by atoms with Crippen molar-refractivity contribution in [1.82, 2.24) is 0 Å². The summed E-state index contributed by atoms with van der Waals surface area (Å²) >= 11 is 0. The molecule has 1 aliphatic heterocycles. The normalized spacial score (nSPS) is 17.6. The molecule has 1 N–H and O–H groups in total. The molecule has 1 aliphatic rings. The van der Waals surface area contributed by atoms with Crippen molar-refractivity contribution in [3.63, 3.8) is 0 Å². The molecule has 1 atom stereocenters. The molecule has 0 spiro atoms. The van der Waals surface area contributed by atoms with Gasteiger partial charge in [-0.25, -0.2) is 0 Å². The van der Waals surface area contributed by atoms with E-state index in [0.717, 1.165) is 29.8 Å². The van der Waals surface area contributed by atoms with Crippen LogP contribution < -0.4 is 9.64 Å². The van der Waals surface area contributed by atoms with Crippen LogP contribution in [0.25, 0.3) is 0 Å². The van der Waals surface area contributed by atoms with Crippen molar-refractivity contribution >= 4 is 5.69 Å². The molecule has 160 valence electrons. The van der Waals surface area contributed by atoms with Gasteiger partial charge in [0.2, 0.25) is 0 Å². The monoisotopic (exact) mass is 421 g/mol. The number of phenols is 1. The number of rotatable bonds is 5. The van der Waals surface area contributed by atoms with Crippen LogP contribution in [0.4, 0.5) is 5.69 Å². The summed E-state index contributed by atoms with van der Waals surface area (Å²) in [6, 6.07) is 34.9. The molecule has 0 aliphatic carbocycles. The third kappa shape index (κ3) is 3.71. The smallest absolute Gasteiger partial charge is 0.120 e. The van der Waals surface area contributed by atoms with Gasteiger partial charge in [-0.15, -0.1) is 0 Å². The summed E-state index contributed by atoms with van der Waals surface area (Å²) in [7, 11) is 0.